The minimum atomic E-state index is -0.254. The van der Waals surface area contributed by atoms with Crippen LogP contribution in [0.3, 0.4) is 0 Å². The first-order valence-electron chi connectivity index (χ1n) is 9.16. The Bertz CT molecular complexity index is 869. The molecule has 1 aromatic heterocycles. The maximum absolute atomic E-state index is 12.5. The first-order chi connectivity index (χ1) is 13.3. The van der Waals surface area contributed by atoms with Crippen molar-refractivity contribution < 1.29 is 9.59 Å². The number of halogens is 1. The number of nitrogens with one attached hydrogen (secondary N) is 1. The summed E-state index contributed by atoms with van der Waals surface area (Å²) in [6, 6.07) is 6.92. The SMILES string of the molecule is Cc1nc([C@@H]2CCN(CC(=O)N(C)C)C2)ncc1C(=O)Nc1ccc(Cl)cc1. The van der Waals surface area contributed by atoms with E-state index in [0.29, 0.717) is 28.5 Å². The molecule has 1 fully saturated rings. The highest BCUT2D eigenvalue weighted by Gasteiger charge is 2.28. The molecule has 2 heterocycles. The highest BCUT2D eigenvalue weighted by Crippen LogP contribution is 2.25. The van der Waals surface area contributed by atoms with Crippen LogP contribution in [0.5, 0.6) is 0 Å². The van der Waals surface area contributed by atoms with Crippen LogP contribution in [0.4, 0.5) is 5.69 Å². The fourth-order valence-corrected chi connectivity index (χ4v) is 3.28. The Labute approximate surface area is 169 Å². The molecular formula is C20H24ClN5O2. The van der Waals surface area contributed by atoms with Crippen molar-refractivity contribution in [1.29, 1.82) is 0 Å². The van der Waals surface area contributed by atoms with Gasteiger partial charge in [-0.1, -0.05) is 11.6 Å². The predicted octanol–water partition coefficient (Wildman–Crippen LogP) is 2.57. The summed E-state index contributed by atoms with van der Waals surface area (Å²) in [4.78, 5) is 37.1. The Hall–Kier alpha value is -2.51. The second-order valence-corrected chi connectivity index (χ2v) is 7.63. The van der Waals surface area contributed by atoms with E-state index in [2.05, 4.69) is 20.2 Å². The van der Waals surface area contributed by atoms with E-state index in [4.69, 9.17) is 11.6 Å². The van der Waals surface area contributed by atoms with Crippen LogP contribution in [0.15, 0.2) is 30.5 Å². The number of hydrogen-bond acceptors (Lipinski definition) is 5. The molecule has 2 amide bonds. The van der Waals surface area contributed by atoms with Gasteiger partial charge >= 0.3 is 0 Å². The molecule has 1 aliphatic rings. The highest BCUT2D eigenvalue weighted by atomic mass is 35.5. The molecule has 1 saturated heterocycles. The van der Waals surface area contributed by atoms with Crippen molar-refractivity contribution in [1.82, 2.24) is 19.8 Å². The summed E-state index contributed by atoms with van der Waals surface area (Å²) in [6.45, 7) is 3.80. The van der Waals surface area contributed by atoms with Gasteiger partial charge in [0.25, 0.3) is 5.91 Å². The largest absolute Gasteiger partial charge is 0.348 e. The van der Waals surface area contributed by atoms with Crippen LogP contribution in [-0.2, 0) is 4.79 Å². The molecule has 0 bridgehead atoms. The lowest BCUT2D eigenvalue weighted by atomic mass is 10.1. The van der Waals surface area contributed by atoms with Crippen molar-refractivity contribution in [3.63, 3.8) is 0 Å². The van der Waals surface area contributed by atoms with Crippen molar-refractivity contribution in [2.24, 2.45) is 0 Å². The molecule has 0 spiro atoms. The van der Waals surface area contributed by atoms with E-state index in [9.17, 15) is 9.59 Å². The van der Waals surface area contributed by atoms with Crippen molar-refractivity contribution in [3.05, 3.63) is 52.6 Å². The third-order valence-electron chi connectivity index (χ3n) is 4.84. The number of benzene rings is 1. The minimum Gasteiger partial charge on any atom is -0.348 e. The number of nitrogens with zero attached hydrogens (tertiary/aromatic N) is 4. The zero-order valence-electron chi connectivity index (χ0n) is 16.3. The normalized spacial score (nSPS) is 16.8. The lowest BCUT2D eigenvalue weighted by molar-refractivity contribution is -0.129. The fraction of sp³-hybridized carbons (Fsp3) is 0.400. The number of rotatable bonds is 5. The standard InChI is InChI=1S/C20H24ClN5O2/c1-13-17(20(28)24-16-6-4-15(21)5-7-16)10-22-19(23-13)14-8-9-26(11-14)12-18(27)25(2)3/h4-7,10,14H,8-9,11-12H2,1-3H3,(H,24,28)/t14-/m1/s1. The monoisotopic (exact) mass is 401 g/mol. The van der Waals surface area contributed by atoms with Crippen molar-refractivity contribution in [2.45, 2.75) is 19.3 Å². The molecule has 1 aliphatic heterocycles. The topological polar surface area (TPSA) is 78.4 Å². The summed E-state index contributed by atoms with van der Waals surface area (Å²) in [7, 11) is 3.52. The highest BCUT2D eigenvalue weighted by molar-refractivity contribution is 6.30. The van der Waals surface area contributed by atoms with Crippen LogP contribution < -0.4 is 5.32 Å². The first-order valence-corrected chi connectivity index (χ1v) is 9.54. The van der Waals surface area contributed by atoms with E-state index >= 15 is 0 Å². The second kappa shape index (κ2) is 8.67. The van der Waals surface area contributed by atoms with Gasteiger partial charge in [-0.25, -0.2) is 9.97 Å². The molecule has 0 unspecified atom stereocenters. The summed E-state index contributed by atoms with van der Waals surface area (Å²) < 4.78 is 0. The summed E-state index contributed by atoms with van der Waals surface area (Å²) in [6.07, 6.45) is 2.48. The number of amides is 2. The van der Waals surface area contributed by atoms with Crippen molar-refractivity contribution in [3.8, 4) is 0 Å². The number of aromatic nitrogens is 2. The van der Waals surface area contributed by atoms with Gasteiger partial charge in [0, 0.05) is 43.5 Å². The Morgan fingerprint density at radius 2 is 2.00 bits per heavy atom. The smallest absolute Gasteiger partial charge is 0.259 e. The van der Waals surface area contributed by atoms with Gasteiger partial charge in [0.15, 0.2) is 0 Å². The van der Waals surface area contributed by atoms with E-state index in [1.807, 2.05) is 6.92 Å². The predicted molar refractivity (Wildman–Crippen MR) is 109 cm³/mol. The molecule has 1 N–H and O–H groups in total. The molecule has 148 valence electrons. The van der Waals surface area contributed by atoms with Gasteiger partial charge in [-0.2, -0.15) is 0 Å². The van der Waals surface area contributed by atoms with Gasteiger partial charge in [0.05, 0.1) is 17.8 Å². The second-order valence-electron chi connectivity index (χ2n) is 7.20. The van der Waals surface area contributed by atoms with E-state index in [1.165, 1.54) is 0 Å². The van der Waals surface area contributed by atoms with Crippen molar-refractivity contribution in [2.75, 3.05) is 39.0 Å². The summed E-state index contributed by atoms with van der Waals surface area (Å²) in [5, 5.41) is 3.44. The summed E-state index contributed by atoms with van der Waals surface area (Å²) >= 11 is 5.87. The molecule has 0 aliphatic carbocycles. The van der Waals surface area contributed by atoms with Gasteiger partial charge < -0.3 is 10.2 Å². The van der Waals surface area contributed by atoms with Gasteiger partial charge in [-0.05, 0) is 44.2 Å². The average Bonchev–Trinajstić information content (AvgIpc) is 3.11. The number of anilines is 1. The lowest BCUT2D eigenvalue weighted by Gasteiger charge is -2.18. The summed E-state index contributed by atoms with van der Waals surface area (Å²) in [5.41, 5.74) is 1.74. The van der Waals surface area contributed by atoms with E-state index in [0.717, 1.165) is 25.3 Å². The molecule has 28 heavy (non-hydrogen) atoms. The van der Waals surface area contributed by atoms with Crippen LogP contribution in [0.2, 0.25) is 5.02 Å². The van der Waals surface area contributed by atoms with E-state index in [1.54, 1.807) is 49.5 Å². The van der Waals surface area contributed by atoms with Gasteiger partial charge in [-0.3, -0.25) is 14.5 Å². The zero-order valence-corrected chi connectivity index (χ0v) is 17.0. The fourth-order valence-electron chi connectivity index (χ4n) is 3.16. The van der Waals surface area contributed by atoms with Gasteiger partial charge in [0.2, 0.25) is 5.91 Å². The van der Waals surface area contributed by atoms with Crippen LogP contribution in [0.1, 0.15) is 34.2 Å². The van der Waals surface area contributed by atoms with Gasteiger partial charge in [-0.15, -0.1) is 0 Å². The molecule has 2 aromatic rings. The van der Waals surface area contributed by atoms with Gasteiger partial charge in [0.1, 0.15) is 5.82 Å². The Kier molecular flexibility index (Phi) is 6.26. The van der Waals surface area contributed by atoms with Crippen LogP contribution in [0.25, 0.3) is 0 Å². The number of likely N-dealkylation sites (N-methyl/N-ethyl adjacent to an activating group) is 1. The first kappa shape index (κ1) is 20.2. The molecular weight excluding hydrogens is 378 g/mol. The van der Waals surface area contributed by atoms with Crippen LogP contribution >= 0.6 is 11.6 Å². The number of carbonyl (C=O) groups is 2. The van der Waals surface area contributed by atoms with Crippen LogP contribution in [-0.4, -0.2) is 65.3 Å². The molecule has 3 rings (SSSR count). The van der Waals surface area contributed by atoms with Crippen LogP contribution in [0, 0.1) is 6.92 Å². The molecule has 0 radical (unpaired) electrons. The number of aryl methyl sites for hydroxylation is 1. The molecule has 1 aromatic carbocycles. The maximum atomic E-state index is 12.5. The maximum Gasteiger partial charge on any atom is 0.259 e. The number of likely N-dealkylation sites (tertiary alicyclic amines) is 1. The molecule has 7 nitrogen and oxygen atoms in total. The molecule has 8 heteroatoms. The molecule has 1 atom stereocenters. The zero-order chi connectivity index (χ0) is 20.3. The number of hydrogen-bond donors (Lipinski definition) is 1. The van der Waals surface area contributed by atoms with Crippen molar-refractivity contribution >= 4 is 29.1 Å². The average molecular weight is 402 g/mol. The number of carbonyl (C=O) groups excluding carboxylic acids is 2. The third-order valence-corrected chi connectivity index (χ3v) is 5.09. The van der Waals surface area contributed by atoms with E-state index in [-0.39, 0.29) is 17.7 Å². The third kappa shape index (κ3) is 4.85. The lowest BCUT2D eigenvalue weighted by Crippen LogP contribution is -2.35. The molecule has 0 saturated carbocycles. The van der Waals surface area contributed by atoms with E-state index < -0.39 is 0 Å². The summed E-state index contributed by atoms with van der Waals surface area (Å²) in [5.74, 6) is 0.727. The quantitative estimate of drug-likeness (QED) is 0.833. The Balaban J connectivity index is 1.64. The minimum absolute atomic E-state index is 0.0898. The Morgan fingerprint density at radius 3 is 2.64 bits per heavy atom. The Morgan fingerprint density at radius 1 is 1.29 bits per heavy atom.